The van der Waals surface area contributed by atoms with Crippen molar-refractivity contribution in [1.82, 2.24) is 19.9 Å². The molecule has 0 bridgehead atoms. The summed E-state index contributed by atoms with van der Waals surface area (Å²) in [6.45, 7) is 0. The zero-order chi connectivity index (χ0) is 16.8. The summed E-state index contributed by atoms with van der Waals surface area (Å²) in [5.74, 6) is 0.589. The van der Waals surface area contributed by atoms with Gasteiger partial charge in [-0.25, -0.2) is 4.98 Å². The molecule has 0 saturated carbocycles. The van der Waals surface area contributed by atoms with Crippen LogP contribution in [0.15, 0.2) is 61.2 Å². The Morgan fingerprint density at radius 2 is 1.96 bits per heavy atom. The fourth-order valence-corrected chi connectivity index (χ4v) is 3.16. The van der Waals surface area contributed by atoms with Crippen molar-refractivity contribution in [3.8, 4) is 11.3 Å². The van der Waals surface area contributed by atoms with E-state index >= 15 is 0 Å². The molecule has 4 aromatic rings. The van der Waals surface area contributed by atoms with E-state index in [9.17, 15) is 4.79 Å². The Morgan fingerprint density at radius 1 is 1.08 bits per heavy atom. The number of nitrogens with one attached hydrogen (secondary N) is 1. The highest BCUT2D eigenvalue weighted by Crippen LogP contribution is 2.35. The maximum Gasteiger partial charge on any atom is 0.238 e. The summed E-state index contributed by atoms with van der Waals surface area (Å²) < 4.78 is 0. The number of carbonyl (C=O) groups is 1. The van der Waals surface area contributed by atoms with E-state index in [1.54, 1.807) is 23.5 Å². The average Bonchev–Trinajstić information content (AvgIpc) is 3.24. The molecule has 4 heterocycles. The first-order chi connectivity index (χ1) is 12.3. The highest BCUT2D eigenvalue weighted by Gasteiger charge is 2.31. The molecule has 0 unspecified atom stereocenters. The van der Waals surface area contributed by atoms with E-state index in [2.05, 4.69) is 15.0 Å². The van der Waals surface area contributed by atoms with E-state index in [4.69, 9.17) is 4.98 Å². The van der Waals surface area contributed by atoms with Gasteiger partial charge >= 0.3 is 0 Å². The van der Waals surface area contributed by atoms with Gasteiger partial charge in [0, 0.05) is 35.1 Å². The van der Waals surface area contributed by atoms with Gasteiger partial charge in [-0.1, -0.05) is 0 Å². The van der Waals surface area contributed by atoms with E-state index in [1.807, 2.05) is 42.6 Å². The van der Waals surface area contributed by atoms with Crippen LogP contribution in [0, 0.1) is 0 Å². The minimum absolute atomic E-state index is 0.0169. The summed E-state index contributed by atoms with van der Waals surface area (Å²) in [6.07, 6.45) is 7.29. The molecule has 120 valence electrons. The summed E-state index contributed by atoms with van der Waals surface area (Å²) in [5.41, 5.74) is 4.19. The normalized spacial score (nSPS) is 13.4. The molecule has 0 saturated heterocycles. The number of rotatable bonds is 2. The number of benzene rings is 1. The van der Waals surface area contributed by atoms with Crippen molar-refractivity contribution in [3.05, 3.63) is 66.9 Å². The van der Waals surface area contributed by atoms with Crippen LogP contribution in [0.1, 0.15) is 5.69 Å². The lowest BCUT2D eigenvalue weighted by atomic mass is 10.2. The molecule has 6 heteroatoms. The maximum atomic E-state index is 12.6. The summed E-state index contributed by atoms with van der Waals surface area (Å²) in [4.78, 5) is 30.6. The number of hydrogen-bond donors (Lipinski definition) is 1. The number of amides is 1. The number of fused-ring (bicyclic) bond motifs is 2. The zero-order valence-corrected chi connectivity index (χ0v) is 13.2. The van der Waals surface area contributed by atoms with Gasteiger partial charge < -0.3 is 4.98 Å². The van der Waals surface area contributed by atoms with E-state index in [1.165, 1.54) is 0 Å². The lowest BCUT2D eigenvalue weighted by Gasteiger charge is -2.17. The molecule has 0 radical (unpaired) electrons. The van der Waals surface area contributed by atoms with Crippen molar-refractivity contribution < 1.29 is 4.79 Å². The topological polar surface area (TPSA) is 74.8 Å². The highest BCUT2D eigenvalue weighted by atomic mass is 16.2. The summed E-state index contributed by atoms with van der Waals surface area (Å²) in [7, 11) is 0. The van der Waals surface area contributed by atoms with Gasteiger partial charge in [-0.2, -0.15) is 0 Å². The lowest BCUT2D eigenvalue weighted by molar-refractivity contribution is -0.116. The molecular weight excluding hydrogens is 314 g/mol. The molecular formula is C19H13N5O. The van der Waals surface area contributed by atoms with Crippen molar-refractivity contribution in [3.63, 3.8) is 0 Å². The average molecular weight is 327 g/mol. The molecule has 5 rings (SSSR count). The third kappa shape index (κ3) is 2.19. The number of H-pyrrole nitrogens is 1. The van der Waals surface area contributed by atoms with Crippen LogP contribution in [0.4, 0.5) is 11.5 Å². The molecule has 0 aliphatic carbocycles. The fourth-order valence-electron chi connectivity index (χ4n) is 3.16. The molecule has 1 aromatic carbocycles. The number of hydrogen-bond acceptors (Lipinski definition) is 4. The monoisotopic (exact) mass is 327 g/mol. The molecule has 0 fully saturated rings. The molecule has 1 aliphatic heterocycles. The van der Waals surface area contributed by atoms with Gasteiger partial charge in [0.05, 0.1) is 29.7 Å². The lowest BCUT2D eigenvalue weighted by Crippen LogP contribution is -2.21. The molecule has 0 spiro atoms. The molecule has 3 aromatic heterocycles. The Bertz CT molecular complexity index is 1100. The minimum atomic E-state index is -0.0169. The third-order valence-corrected chi connectivity index (χ3v) is 4.38. The second-order valence-corrected chi connectivity index (χ2v) is 5.92. The van der Waals surface area contributed by atoms with Gasteiger partial charge in [-0.05, 0) is 36.4 Å². The first-order valence-corrected chi connectivity index (χ1v) is 7.96. The van der Waals surface area contributed by atoms with Crippen LogP contribution in [-0.4, -0.2) is 25.8 Å². The number of carbonyl (C=O) groups excluding carboxylic acids is 1. The number of aromatic amines is 1. The van der Waals surface area contributed by atoms with E-state index in [-0.39, 0.29) is 12.3 Å². The molecule has 25 heavy (non-hydrogen) atoms. The van der Waals surface area contributed by atoms with Gasteiger partial charge in [-0.15, -0.1) is 0 Å². The van der Waals surface area contributed by atoms with Crippen LogP contribution in [0.2, 0.25) is 0 Å². The van der Waals surface area contributed by atoms with E-state index < -0.39 is 0 Å². The standard InChI is InChI=1S/C19H13N5O/c25-18-10-16-19(23-17(11-22-16)12-3-6-20-7-4-12)24(18)14-1-2-15-13(9-14)5-8-21-15/h1-9,11,21H,10H2. The van der Waals surface area contributed by atoms with Gasteiger partial charge in [0.2, 0.25) is 5.91 Å². The van der Waals surface area contributed by atoms with Crippen molar-refractivity contribution in [2.24, 2.45) is 0 Å². The van der Waals surface area contributed by atoms with Crippen molar-refractivity contribution in [1.29, 1.82) is 0 Å². The summed E-state index contributed by atoms with van der Waals surface area (Å²) in [5, 5.41) is 1.05. The quantitative estimate of drug-likeness (QED) is 0.613. The van der Waals surface area contributed by atoms with Gasteiger partial charge in [0.1, 0.15) is 0 Å². The first kappa shape index (κ1) is 13.9. The third-order valence-electron chi connectivity index (χ3n) is 4.38. The predicted octanol–water partition coefficient (Wildman–Crippen LogP) is 3.24. The Morgan fingerprint density at radius 3 is 2.84 bits per heavy atom. The molecule has 0 atom stereocenters. The van der Waals surface area contributed by atoms with Crippen LogP contribution in [0.5, 0.6) is 0 Å². The van der Waals surface area contributed by atoms with Crippen LogP contribution in [0.3, 0.4) is 0 Å². The van der Waals surface area contributed by atoms with Crippen LogP contribution < -0.4 is 4.90 Å². The van der Waals surface area contributed by atoms with Crippen molar-refractivity contribution in [2.45, 2.75) is 6.42 Å². The van der Waals surface area contributed by atoms with Crippen LogP contribution >= 0.6 is 0 Å². The van der Waals surface area contributed by atoms with Gasteiger partial charge in [-0.3, -0.25) is 19.7 Å². The number of pyridine rings is 1. The maximum absolute atomic E-state index is 12.6. The second kappa shape index (κ2) is 5.24. The predicted molar refractivity (Wildman–Crippen MR) is 94.4 cm³/mol. The smallest absolute Gasteiger partial charge is 0.238 e. The zero-order valence-electron chi connectivity index (χ0n) is 13.2. The summed E-state index contributed by atoms with van der Waals surface area (Å²) in [6, 6.07) is 11.6. The Balaban J connectivity index is 1.64. The van der Waals surface area contributed by atoms with Crippen LogP contribution in [0.25, 0.3) is 22.2 Å². The largest absolute Gasteiger partial charge is 0.361 e. The van der Waals surface area contributed by atoms with Crippen LogP contribution in [-0.2, 0) is 11.2 Å². The SMILES string of the molecule is O=C1Cc2ncc(-c3ccncc3)nc2N1c1ccc2[nH]ccc2c1. The fraction of sp³-hybridized carbons (Fsp3) is 0.0526. The van der Waals surface area contributed by atoms with Crippen molar-refractivity contribution in [2.75, 3.05) is 4.90 Å². The number of nitrogens with zero attached hydrogens (tertiary/aromatic N) is 4. The Hall–Kier alpha value is -3.54. The van der Waals surface area contributed by atoms with Gasteiger partial charge in [0.15, 0.2) is 5.82 Å². The molecule has 1 N–H and O–H groups in total. The second-order valence-electron chi connectivity index (χ2n) is 5.92. The number of aromatic nitrogens is 4. The van der Waals surface area contributed by atoms with E-state index in [0.717, 1.165) is 27.8 Å². The molecule has 1 aliphatic rings. The minimum Gasteiger partial charge on any atom is -0.361 e. The highest BCUT2D eigenvalue weighted by molar-refractivity contribution is 6.07. The number of anilines is 2. The summed E-state index contributed by atoms with van der Waals surface area (Å²) >= 11 is 0. The first-order valence-electron chi connectivity index (χ1n) is 7.96. The van der Waals surface area contributed by atoms with Crippen molar-refractivity contribution >= 4 is 28.3 Å². The molecule has 6 nitrogen and oxygen atoms in total. The van der Waals surface area contributed by atoms with Gasteiger partial charge in [0.25, 0.3) is 0 Å². The molecule has 1 amide bonds. The Kier molecular flexibility index (Phi) is 2.90. The Labute approximate surface area is 143 Å². The van der Waals surface area contributed by atoms with E-state index in [0.29, 0.717) is 11.5 Å².